The summed E-state index contributed by atoms with van der Waals surface area (Å²) in [5.74, 6) is -1.40. The van der Waals surface area contributed by atoms with Crippen LogP contribution in [0.4, 0.5) is 4.39 Å². The molecule has 1 saturated heterocycles. The number of aryl methyl sites for hydroxylation is 1. The molecule has 1 aromatic carbocycles. The zero-order chi connectivity index (χ0) is 14.7. The molecule has 2 atom stereocenters. The number of halogens is 1. The van der Waals surface area contributed by atoms with Crippen molar-refractivity contribution in [1.82, 2.24) is 4.90 Å². The lowest BCUT2D eigenvalue weighted by molar-refractivity contribution is -0.149. The third-order valence-electron chi connectivity index (χ3n) is 3.81. The van der Waals surface area contributed by atoms with Gasteiger partial charge in [0, 0.05) is 13.0 Å². The van der Waals surface area contributed by atoms with Crippen molar-refractivity contribution in [3.63, 3.8) is 0 Å². The molecule has 1 amide bonds. The zero-order valence-corrected chi connectivity index (χ0v) is 11.4. The Morgan fingerprint density at radius 3 is 2.60 bits per heavy atom. The molecule has 1 aliphatic rings. The molecular formula is C15H18FNO3. The van der Waals surface area contributed by atoms with Crippen molar-refractivity contribution in [3.05, 3.63) is 35.6 Å². The summed E-state index contributed by atoms with van der Waals surface area (Å²) in [4.78, 5) is 24.8. The third-order valence-corrected chi connectivity index (χ3v) is 3.81. The SMILES string of the molecule is CC1CCN(C(=O)CCc2ccc(F)cc2)C1C(=O)O. The van der Waals surface area contributed by atoms with Crippen LogP contribution in [0.2, 0.25) is 0 Å². The van der Waals surface area contributed by atoms with Crippen LogP contribution in [0.25, 0.3) is 0 Å². The summed E-state index contributed by atoms with van der Waals surface area (Å²) in [6, 6.07) is 5.29. The van der Waals surface area contributed by atoms with E-state index >= 15 is 0 Å². The van der Waals surface area contributed by atoms with Crippen LogP contribution in [0.5, 0.6) is 0 Å². The smallest absolute Gasteiger partial charge is 0.326 e. The van der Waals surface area contributed by atoms with Gasteiger partial charge in [-0.2, -0.15) is 0 Å². The summed E-state index contributed by atoms with van der Waals surface area (Å²) in [6.07, 6.45) is 1.47. The molecule has 0 saturated carbocycles. The number of carbonyl (C=O) groups is 2. The van der Waals surface area contributed by atoms with Gasteiger partial charge in [0.1, 0.15) is 11.9 Å². The molecule has 1 N–H and O–H groups in total. The lowest BCUT2D eigenvalue weighted by Gasteiger charge is -2.23. The van der Waals surface area contributed by atoms with Crippen molar-refractivity contribution in [2.75, 3.05) is 6.54 Å². The zero-order valence-electron chi connectivity index (χ0n) is 11.4. The molecule has 0 aromatic heterocycles. The molecule has 20 heavy (non-hydrogen) atoms. The average Bonchev–Trinajstić information content (AvgIpc) is 2.80. The van der Waals surface area contributed by atoms with Crippen molar-refractivity contribution < 1.29 is 19.1 Å². The fourth-order valence-corrected chi connectivity index (χ4v) is 2.65. The molecule has 1 heterocycles. The van der Waals surface area contributed by atoms with Crippen LogP contribution in [-0.4, -0.2) is 34.5 Å². The fraction of sp³-hybridized carbons (Fsp3) is 0.467. The van der Waals surface area contributed by atoms with Gasteiger partial charge in [0.05, 0.1) is 0 Å². The third kappa shape index (κ3) is 3.15. The van der Waals surface area contributed by atoms with E-state index in [0.29, 0.717) is 13.0 Å². The van der Waals surface area contributed by atoms with Crippen LogP contribution >= 0.6 is 0 Å². The Balaban J connectivity index is 1.94. The van der Waals surface area contributed by atoms with Gasteiger partial charge in [-0.05, 0) is 36.5 Å². The second-order valence-electron chi connectivity index (χ2n) is 5.26. The number of benzene rings is 1. The topological polar surface area (TPSA) is 57.6 Å². The Kier molecular flexibility index (Phi) is 4.37. The van der Waals surface area contributed by atoms with Gasteiger partial charge in [0.15, 0.2) is 0 Å². The van der Waals surface area contributed by atoms with E-state index in [-0.39, 0.29) is 24.1 Å². The average molecular weight is 279 g/mol. The molecular weight excluding hydrogens is 261 g/mol. The molecule has 5 heteroatoms. The van der Waals surface area contributed by atoms with Gasteiger partial charge in [-0.1, -0.05) is 19.1 Å². The van der Waals surface area contributed by atoms with Gasteiger partial charge in [0.25, 0.3) is 0 Å². The van der Waals surface area contributed by atoms with Crippen molar-refractivity contribution in [3.8, 4) is 0 Å². The van der Waals surface area contributed by atoms with Crippen molar-refractivity contribution in [2.24, 2.45) is 5.92 Å². The molecule has 1 fully saturated rings. The second-order valence-corrected chi connectivity index (χ2v) is 5.26. The molecule has 0 spiro atoms. The molecule has 0 bridgehead atoms. The minimum absolute atomic E-state index is 0.0118. The monoisotopic (exact) mass is 279 g/mol. The molecule has 2 unspecified atom stereocenters. The number of carboxylic acids is 1. The molecule has 1 aliphatic heterocycles. The van der Waals surface area contributed by atoms with Crippen molar-refractivity contribution in [2.45, 2.75) is 32.2 Å². The minimum atomic E-state index is -0.940. The van der Waals surface area contributed by atoms with E-state index in [1.807, 2.05) is 6.92 Å². The van der Waals surface area contributed by atoms with E-state index < -0.39 is 12.0 Å². The Labute approximate surface area is 117 Å². The van der Waals surface area contributed by atoms with Crippen LogP contribution in [0.15, 0.2) is 24.3 Å². The molecule has 0 radical (unpaired) electrons. The number of nitrogens with zero attached hydrogens (tertiary/aromatic N) is 1. The van der Waals surface area contributed by atoms with E-state index in [4.69, 9.17) is 0 Å². The summed E-state index contributed by atoms with van der Waals surface area (Å²) in [6.45, 7) is 2.35. The summed E-state index contributed by atoms with van der Waals surface area (Å²) < 4.78 is 12.8. The first kappa shape index (κ1) is 14.5. The standard InChI is InChI=1S/C15H18FNO3/c1-10-8-9-17(14(10)15(19)20)13(18)7-4-11-2-5-12(16)6-3-11/h2-3,5-6,10,14H,4,7-9H2,1H3,(H,19,20). The van der Waals surface area contributed by atoms with Crippen LogP contribution in [0.3, 0.4) is 0 Å². The molecule has 0 aliphatic carbocycles. The van der Waals surface area contributed by atoms with E-state index in [1.165, 1.54) is 17.0 Å². The number of amides is 1. The largest absolute Gasteiger partial charge is 0.480 e. The highest BCUT2D eigenvalue weighted by atomic mass is 19.1. The predicted molar refractivity (Wildman–Crippen MR) is 71.6 cm³/mol. The second kappa shape index (κ2) is 6.03. The number of carbonyl (C=O) groups excluding carboxylic acids is 1. The number of rotatable bonds is 4. The van der Waals surface area contributed by atoms with Crippen LogP contribution in [-0.2, 0) is 16.0 Å². The number of hydrogen-bond acceptors (Lipinski definition) is 2. The molecule has 4 nitrogen and oxygen atoms in total. The Bertz CT molecular complexity index is 500. The Hall–Kier alpha value is -1.91. The van der Waals surface area contributed by atoms with Crippen molar-refractivity contribution >= 4 is 11.9 Å². The lowest BCUT2D eigenvalue weighted by Crippen LogP contribution is -2.42. The van der Waals surface area contributed by atoms with E-state index in [0.717, 1.165) is 12.0 Å². The minimum Gasteiger partial charge on any atom is -0.480 e. The quantitative estimate of drug-likeness (QED) is 0.918. The fourth-order valence-electron chi connectivity index (χ4n) is 2.65. The number of hydrogen-bond donors (Lipinski definition) is 1. The first-order valence-corrected chi connectivity index (χ1v) is 6.75. The Morgan fingerprint density at radius 1 is 1.35 bits per heavy atom. The van der Waals surface area contributed by atoms with E-state index in [2.05, 4.69) is 0 Å². The Morgan fingerprint density at radius 2 is 2.00 bits per heavy atom. The summed E-state index contributed by atoms with van der Waals surface area (Å²) in [5.41, 5.74) is 0.874. The van der Waals surface area contributed by atoms with Gasteiger partial charge in [-0.3, -0.25) is 4.79 Å². The first-order valence-electron chi connectivity index (χ1n) is 6.75. The molecule has 108 valence electrons. The van der Waals surface area contributed by atoms with Gasteiger partial charge in [-0.15, -0.1) is 0 Å². The van der Waals surface area contributed by atoms with Crippen LogP contribution < -0.4 is 0 Å². The maximum atomic E-state index is 12.8. The number of carboxylic acid groups (broad SMARTS) is 1. The summed E-state index contributed by atoms with van der Waals surface area (Å²) in [7, 11) is 0. The highest BCUT2D eigenvalue weighted by Gasteiger charge is 2.38. The highest BCUT2D eigenvalue weighted by Crippen LogP contribution is 2.25. The number of likely N-dealkylation sites (tertiary alicyclic amines) is 1. The summed E-state index contributed by atoms with van der Waals surface area (Å²) >= 11 is 0. The maximum Gasteiger partial charge on any atom is 0.326 e. The molecule has 2 rings (SSSR count). The molecule has 1 aromatic rings. The maximum absolute atomic E-state index is 12.8. The first-order chi connectivity index (χ1) is 9.49. The predicted octanol–water partition coefficient (Wildman–Crippen LogP) is 2.08. The van der Waals surface area contributed by atoms with Gasteiger partial charge < -0.3 is 10.0 Å². The van der Waals surface area contributed by atoms with Crippen LogP contribution in [0.1, 0.15) is 25.3 Å². The van der Waals surface area contributed by atoms with Gasteiger partial charge in [0.2, 0.25) is 5.91 Å². The van der Waals surface area contributed by atoms with Gasteiger partial charge >= 0.3 is 5.97 Å². The van der Waals surface area contributed by atoms with E-state index in [1.54, 1.807) is 12.1 Å². The summed E-state index contributed by atoms with van der Waals surface area (Å²) in [5, 5.41) is 9.18. The highest BCUT2D eigenvalue weighted by molar-refractivity contribution is 5.84. The van der Waals surface area contributed by atoms with Gasteiger partial charge in [-0.25, -0.2) is 9.18 Å². The van der Waals surface area contributed by atoms with E-state index in [9.17, 15) is 19.1 Å². The number of aliphatic carboxylic acids is 1. The van der Waals surface area contributed by atoms with Crippen molar-refractivity contribution in [1.29, 1.82) is 0 Å². The van der Waals surface area contributed by atoms with Crippen LogP contribution in [0, 0.1) is 11.7 Å². The normalized spacial score (nSPS) is 22.0. The lowest BCUT2D eigenvalue weighted by atomic mass is 10.0.